The SMILES string of the molecule is O=S(=O)(Nc1cnc(Br)cn1)c1cc(Cl)cc(Cl)c1. The Kier molecular flexibility index (Phi) is 4.29. The summed E-state index contributed by atoms with van der Waals surface area (Å²) in [5.74, 6) is 0.0966. The topological polar surface area (TPSA) is 72.0 Å². The normalized spacial score (nSPS) is 11.3. The molecular weight excluding hydrogens is 377 g/mol. The van der Waals surface area contributed by atoms with Crippen LogP contribution < -0.4 is 4.72 Å². The van der Waals surface area contributed by atoms with E-state index in [9.17, 15) is 8.42 Å². The van der Waals surface area contributed by atoms with Crippen molar-refractivity contribution in [3.8, 4) is 0 Å². The van der Waals surface area contributed by atoms with Crippen molar-refractivity contribution in [2.24, 2.45) is 0 Å². The molecule has 1 N–H and O–H groups in total. The van der Waals surface area contributed by atoms with Crippen LogP contribution >= 0.6 is 39.1 Å². The van der Waals surface area contributed by atoms with Crippen molar-refractivity contribution in [1.82, 2.24) is 9.97 Å². The predicted molar refractivity (Wildman–Crippen MR) is 77.0 cm³/mol. The zero-order valence-corrected chi connectivity index (χ0v) is 13.1. The van der Waals surface area contributed by atoms with E-state index in [4.69, 9.17) is 23.2 Å². The average molecular weight is 383 g/mol. The summed E-state index contributed by atoms with van der Waals surface area (Å²) in [6, 6.07) is 4.03. The zero-order chi connectivity index (χ0) is 14.0. The van der Waals surface area contributed by atoms with E-state index < -0.39 is 10.0 Å². The number of anilines is 1. The van der Waals surface area contributed by atoms with Gasteiger partial charge in [-0.25, -0.2) is 18.4 Å². The Labute approximate surface area is 128 Å². The van der Waals surface area contributed by atoms with E-state index in [1.807, 2.05) is 0 Å². The lowest BCUT2D eigenvalue weighted by atomic mass is 10.4. The Morgan fingerprint density at radius 3 is 2.21 bits per heavy atom. The Bertz CT molecular complexity index is 687. The van der Waals surface area contributed by atoms with Crippen LogP contribution in [-0.2, 0) is 10.0 Å². The molecule has 0 saturated heterocycles. The Balaban J connectivity index is 2.34. The molecule has 0 spiro atoms. The zero-order valence-electron chi connectivity index (χ0n) is 9.14. The summed E-state index contributed by atoms with van der Waals surface area (Å²) < 4.78 is 26.9. The van der Waals surface area contributed by atoms with Crippen molar-refractivity contribution in [3.05, 3.63) is 45.2 Å². The molecule has 0 aliphatic heterocycles. The summed E-state index contributed by atoms with van der Waals surface area (Å²) in [6.07, 6.45) is 2.66. The number of nitrogens with one attached hydrogen (secondary N) is 1. The highest BCUT2D eigenvalue weighted by Gasteiger charge is 2.16. The minimum atomic E-state index is -3.81. The van der Waals surface area contributed by atoms with Gasteiger partial charge in [0.2, 0.25) is 0 Å². The molecule has 0 bridgehead atoms. The van der Waals surface area contributed by atoms with Gasteiger partial charge in [0.15, 0.2) is 5.82 Å². The molecule has 0 saturated carbocycles. The molecule has 0 atom stereocenters. The van der Waals surface area contributed by atoms with Crippen molar-refractivity contribution in [1.29, 1.82) is 0 Å². The maximum absolute atomic E-state index is 12.1. The van der Waals surface area contributed by atoms with Gasteiger partial charge in [0.25, 0.3) is 10.0 Å². The molecule has 0 amide bonds. The molecule has 5 nitrogen and oxygen atoms in total. The highest BCUT2D eigenvalue weighted by Crippen LogP contribution is 2.23. The van der Waals surface area contributed by atoms with Gasteiger partial charge in [-0.3, -0.25) is 4.72 Å². The highest BCUT2D eigenvalue weighted by atomic mass is 79.9. The fourth-order valence-corrected chi connectivity index (χ4v) is 3.17. The van der Waals surface area contributed by atoms with Crippen LogP contribution in [0.2, 0.25) is 10.0 Å². The molecule has 1 aromatic carbocycles. The molecule has 0 aliphatic rings. The third-order valence-corrected chi connectivity index (χ3v) is 4.19. The lowest BCUT2D eigenvalue weighted by molar-refractivity contribution is 0.601. The Hall–Kier alpha value is -0.890. The molecule has 0 radical (unpaired) electrons. The van der Waals surface area contributed by atoms with Crippen molar-refractivity contribution < 1.29 is 8.42 Å². The summed E-state index contributed by atoms with van der Waals surface area (Å²) in [4.78, 5) is 7.69. The quantitative estimate of drug-likeness (QED) is 0.883. The van der Waals surface area contributed by atoms with Crippen molar-refractivity contribution in [2.75, 3.05) is 4.72 Å². The number of benzene rings is 1. The lowest BCUT2D eigenvalue weighted by Crippen LogP contribution is -2.14. The third-order valence-electron chi connectivity index (χ3n) is 2.01. The van der Waals surface area contributed by atoms with Crippen LogP contribution in [0.25, 0.3) is 0 Å². The Morgan fingerprint density at radius 2 is 1.68 bits per heavy atom. The number of nitrogens with zero attached hydrogens (tertiary/aromatic N) is 2. The van der Waals surface area contributed by atoms with Gasteiger partial charge in [0.1, 0.15) is 4.60 Å². The summed E-state index contributed by atoms with van der Waals surface area (Å²) in [5.41, 5.74) is 0. The van der Waals surface area contributed by atoms with E-state index in [2.05, 4.69) is 30.6 Å². The van der Waals surface area contributed by atoms with Gasteiger partial charge in [-0.1, -0.05) is 23.2 Å². The first-order chi connectivity index (χ1) is 8.87. The van der Waals surface area contributed by atoms with Crippen LogP contribution in [0, 0.1) is 0 Å². The van der Waals surface area contributed by atoms with Crippen LogP contribution in [0.15, 0.2) is 40.1 Å². The fourth-order valence-electron chi connectivity index (χ4n) is 1.25. The van der Waals surface area contributed by atoms with Gasteiger partial charge >= 0.3 is 0 Å². The van der Waals surface area contributed by atoms with Crippen LogP contribution in [-0.4, -0.2) is 18.4 Å². The van der Waals surface area contributed by atoms with Crippen LogP contribution in [0.1, 0.15) is 0 Å². The van der Waals surface area contributed by atoms with Crippen molar-refractivity contribution in [3.63, 3.8) is 0 Å². The molecule has 1 heterocycles. The number of halogens is 3. The van der Waals surface area contributed by atoms with E-state index >= 15 is 0 Å². The molecule has 2 rings (SSSR count). The second kappa shape index (κ2) is 5.62. The number of hydrogen-bond donors (Lipinski definition) is 1. The molecule has 0 fully saturated rings. The smallest absolute Gasteiger partial charge is 0.262 e. The van der Waals surface area contributed by atoms with Crippen LogP contribution in [0.5, 0.6) is 0 Å². The van der Waals surface area contributed by atoms with Gasteiger partial charge in [0.05, 0.1) is 17.3 Å². The minimum absolute atomic E-state index is 0.0466. The molecule has 1 aromatic heterocycles. The maximum Gasteiger partial charge on any atom is 0.263 e. The van der Waals surface area contributed by atoms with Crippen LogP contribution in [0.4, 0.5) is 5.82 Å². The number of aromatic nitrogens is 2. The molecule has 9 heteroatoms. The number of rotatable bonds is 3. The summed E-state index contributed by atoms with van der Waals surface area (Å²) >= 11 is 14.6. The summed E-state index contributed by atoms with van der Waals surface area (Å²) in [5, 5.41) is 0.463. The van der Waals surface area contributed by atoms with Gasteiger partial charge < -0.3 is 0 Å². The number of hydrogen-bond acceptors (Lipinski definition) is 4. The lowest BCUT2D eigenvalue weighted by Gasteiger charge is -2.07. The van der Waals surface area contributed by atoms with Gasteiger partial charge in [0, 0.05) is 10.0 Å². The standard InChI is InChI=1S/C10H6BrCl2N3O2S/c11-9-4-15-10(5-14-9)16-19(17,18)8-2-6(12)1-7(13)3-8/h1-5H,(H,15,16). The van der Waals surface area contributed by atoms with E-state index in [1.165, 1.54) is 30.6 Å². The molecule has 0 unspecified atom stereocenters. The first kappa shape index (κ1) is 14.5. The summed E-state index contributed by atoms with van der Waals surface area (Å²) in [7, 11) is -3.81. The molecular formula is C10H6BrCl2N3O2S. The van der Waals surface area contributed by atoms with Gasteiger partial charge in [-0.05, 0) is 34.1 Å². The minimum Gasteiger partial charge on any atom is -0.262 e. The largest absolute Gasteiger partial charge is 0.263 e. The van der Waals surface area contributed by atoms with Crippen LogP contribution in [0.3, 0.4) is 0 Å². The second-order valence-electron chi connectivity index (χ2n) is 3.44. The van der Waals surface area contributed by atoms with E-state index in [0.717, 1.165) is 0 Å². The molecule has 2 aromatic rings. The summed E-state index contributed by atoms with van der Waals surface area (Å²) in [6.45, 7) is 0. The van der Waals surface area contributed by atoms with E-state index in [0.29, 0.717) is 4.60 Å². The first-order valence-electron chi connectivity index (χ1n) is 4.83. The second-order valence-corrected chi connectivity index (χ2v) is 6.80. The predicted octanol–water partition coefficient (Wildman–Crippen LogP) is 3.35. The van der Waals surface area contributed by atoms with Crippen molar-refractivity contribution >= 4 is 55.0 Å². The maximum atomic E-state index is 12.1. The molecule has 100 valence electrons. The average Bonchev–Trinajstić information content (AvgIpc) is 2.31. The van der Waals surface area contributed by atoms with E-state index in [-0.39, 0.29) is 20.8 Å². The fraction of sp³-hybridized carbons (Fsp3) is 0. The van der Waals surface area contributed by atoms with Gasteiger partial charge in [-0.2, -0.15) is 0 Å². The highest BCUT2D eigenvalue weighted by molar-refractivity contribution is 9.10. The third kappa shape index (κ3) is 3.79. The first-order valence-corrected chi connectivity index (χ1v) is 7.86. The van der Waals surface area contributed by atoms with Gasteiger partial charge in [-0.15, -0.1) is 0 Å². The molecule has 0 aliphatic carbocycles. The van der Waals surface area contributed by atoms with E-state index in [1.54, 1.807) is 0 Å². The number of sulfonamides is 1. The Morgan fingerprint density at radius 1 is 1.05 bits per heavy atom. The monoisotopic (exact) mass is 381 g/mol. The molecule has 19 heavy (non-hydrogen) atoms. The van der Waals surface area contributed by atoms with Crippen molar-refractivity contribution in [2.45, 2.75) is 4.90 Å².